The molecule has 1 aliphatic rings. The van der Waals surface area contributed by atoms with Gasteiger partial charge in [-0.3, -0.25) is 4.98 Å². The first-order valence-corrected chi connectivity index (χ1v) is 16.9. The molecule has 1 aliphatic carbocycles. The van der Waals surface area contributed by atoms with Crippen LogP contribution in [0.1, 0.15) is 79.5 Å². The van der Waals surface area contributed by atoms with Gasteiger partial charge in [0.05, 0.1) is 0 Å². The van der Waals surface area contributed by atoms with Gasteiger partial charge in [-0.05, 0) is 133 Å². The van der Waals surface area contributed by atoms with Gasteiger partial charge in [0.1, 0.15) is 0 Å². The van der Waals surface area contributed by atoms with Crippen LogP contribution in [0.25, 0.3) is 28.3 Å². The van der Waals surface area contributed by atoms with E-state index in [2.05, 4.69) is 186 Å². The highest BCUT2D eigenvalue weighted by Crippen LogP contribution is 2.40. The summed E-state index contributed by atoms with van der Waals surface area (Å²) in [4.78, 5) is 4.17. The van der Waals surface area contributed by atoms with Crippen LogP contribution in [0.5, 0.6) is 0 Å². The minimum Gasteiger partial charge on any atom is -0.265 e. The average molecular weight is 626 g/mol. The van der Waals surface area contributed by atoms with Crippen LogP contribution in [0.4, 0.5) is 0 Å². The Labute approximate surface area is 288 Å². The van der Waals surface area contributed by atoms with Gasteiger partial charge < -0.3 is 0 Å². The molecule has 240 valence electrons. The van der Waals surface area contributed by atoms with Crippen molar-refractivity contribution in [3.8, 4) is 11.1 Å². The second-order valence-corrected chi connectivity index (χ2v) is 12.6. The summed E-state index contributed by atoms with van der Waals surface area (Å²) in [5, 5.41) is 0. The smallest absolute Gasteiger partial charge is 0.0430 e. The summed E-state index contributed by atoms with van der Waals surface area (Å²) in [6, 6.07) is 39.0. The van der Waals surface area contributed by atoms with Gasteiger partial charge in [-0.25, -0.2) is 0 Å². The number of aromatic nitrogens is 1. The van der Waals surface area contributed by atoms with Crippen LogP contribution in [0.3, 0.4) is 0 Å². The van der Waals surface area contributed by atoms with Gasteiger partial charge in [0.15, 0.2) is 0 Å². The monoisotopic (exact) mass is 625 g/mol. The Morgan fingerprint density at radius 1 is 0.708 bits per heavy atom. The minimum atomic E-state index is -0.241. The zero-order chi connectivity index (χ0) is 33.9. The normalized spacial score (nSPS) is 14.3. The molecule has 0 N–H and O–H groups in total. The maximum Gasteiger partial charge on any atom is 0.0430 e. The lowest BCUT2D eigenvalue weighted by atomic mass is 9.70. The van der Waals surface area contributed by atoms with E-state index in [1.165, 1.54) is 61.2 Å². The SMILES string of the molecule is C/C=C\C(=C/C)c1cc(C2=CC=C(C)CC2)cc(-c2ccc(C)cc2)c1.C=Cc1ccccc1C(C)(c1ccccc1)c1ccncc1. The average Bonchev–Trinajstić information content (AvgIpc) is 3.15. The lowest BCUT2D eigenvalue weighted by Crippen LogP contribution is -2.26. The molecule has 0 spiro atoms. The van der Waals surface area contributed by atoms with Crippen LogP contribution in [-0.2, 0) is 5.41 Å². The first kappa shape index (κ1) is 34.1. The van der Waals surface area contributed by atoms with E-state index in [9.17, 15) is 0 Å². The molecule has 0 bridgehead atoms. The van der Waals surface area contributed by atoms with Crippen molar-refractivity contribution in [1.29, 1.82) is 0 Å². The number of nitrogens with zero attached hydrogens (tertiary/aromatic N) is 1. The van der Waals surface area contributed by atoms with Crippen molar-refractivity contribution in [1.82, 2.24) is 4.98 Å². The maximum atomic E-state index is 4.17. The van der Waals surface area contributed by atoms with Crippen LogP contribution < -0.4 is 0 Å². The molecule has 1 aromatic heterocycles. The summed E-state index contributed by atoms with van der Waals surface area (Å²) >= 11 is 0. The van der Waals surface area contributed by atoms with Gasteiger partial charge in [-0.15, -0.1) is 0 Å². The van der Waals surface area contributed by atoms with Gasteiger partial charge >= 0.3 is 0 Å². The molecule has 1 heterocycles. The van der Waals surface area contributed by atoms with E-state index in [1.807, 2.05) is 18.5 Å². The van der Waals surface area contributed by atoms with E-state index in [1.54, 1.807) is 0 Å². The first-order valence-electron chi connectivity index (χ1n) is 16.9. The van der Waals surface area contributed by atoms with Crippen molar-refractivity contribution in [2.24, 2.45) is 0 Å². The number of rotatable bonds is 8. The van der Waals surface area contributed by atoms with Gasteiger partial charge in [0.25, 0.3) is 0 Å². The van der Waals surface area contributed by atoms with E-state index in [-0.39, 0.29) is 5.41 Å². The lowest BCUT2D eigenvalue weighted by Gasteiger charge is -2.33. The number of hydrogen-bond acceptors (Lipinski definition) is 1. The summed E-state index contributed by atoms with van der Waals surface area (Å²) in [5.74, 6) is 0. The Morgan fingerprint density at radius 3 is 2.02 bits per heavy atom. The van der Waals surface area contributed by atoms with Gasteiger partial charge in [-0.2, -0.15) is 0 Å². The first-order chi connectivity index (χ1) is 23.4. The molecule has 0 aliphatic heterocycles. The molecule has 0 saturated carbocycles. The summed E-state index contributed by atoms with van der Waals surface area (Å²) in [6.45, 7) is 14.8. The Morgan fingerprint density at radius 2 is 1.38 bits per heavy atom. The topological polar surface area (TPSA) is 12.9 Å². The van der Waals surface area contributed by atoms with Crippen molar-refractivity contribution in [3.05, 3.63) is 203 Å². The third-order valence-electron chi connectivity index (χ3n) is 9.37. The van der Waals surface area contributed by atoms with Crippen molar-refractivity contribution < 1.29 is 0 Å². The molecular weight excluding hydrogens is 579 g/mol. The summed E-state index contributed by atoms with van der Waals surface area (Å²) < 4.78 is 0. The van der Waals surface area contributed by atoms with E-state index < -0.39 is 0 Å². The molecule has 0 amide bonds. The predicted molar refractivity (Wildman–Crippen MR) is 209 cm³/mol. The maximum absolute atomic E-state index is 4.17. The Bertz CT molecular complexity index is 1910. The van der Waals surface area contributed by atoms with Gasteiger partial charge in [0, 0.05) is 17.8 Å². The molecule has 5 aromatic rings. The van der Waals surface area contributed by atoms with Crippen molar-refractivity contribution in [3.63, 3.8) is 0 Å². The Hall–Kier alpha value is -5.27. The largest absolute Gasteiger partial charge is 0.265 e. The molecule has 48 heavy (non-hydrogen) atoms. The Kier molecular flexibility index (Phi) is 11.4. The Balaban J connectivity index is 0.000000190. The van der Waals surface area contributed by atoms with Crippen molar-refractivity contribution in [2.75, 3.05) is 0 Å². The second kappa shape index (κ2) is 16.0. The van der Waals surface area contributed by atoms with Crippen LogP contribution in [0.15, 0.2) is 164 Å². The zero-order valence-electron chi connectivity index (χ0n) is 29.1. The number of aryl methyl sites for hydroxylation is 1. The third-order valence-corrected chi connectivity index (χ3v) is 9.37. The number of hydrogen-bond donors (Lipinski definition) is 0. The van der Waals surface area contributed by atoms with Crippen LogP contribution in [0, 0.1) is 6.92 Å². The second-order valence-electron chi connectivity index (χ2n) is 12.6. The molecule has 1 atom stereocenters. The highest BCUT2D eigenvalue weighted by molar-refractivity contribution is 5.82. The number of benzene rings is 4. The standard InChI is InChI=1S/C26H28.C21H19N/c1-5-7-21(6-2)24-16-25(22-12-8-19(3)9-13-22)18-26(17-24)23-14-10-20(4)11-15-23;1-3-17-9-7-8-12-20(17)21(2,18-10-5-4-6-11-18)19-13-15-22-16-14-19/h5-10,12-14,16-18H,11,15H2,1-4H3;3-16H,1H2,2H3/b7-5-,21-6+;. The highest BCUT2D eigenvalue weighted by atomic mass is 14.6. The molecule has 6 rings (SSSR count). The number of pyridine rings is 1. The summed E-state index contributed by atoms with van der Waals surface area (Å²) in [5.41, 5.74) is 15.3. The summed E-state index contributed by atoms with van der Waals surface area (Å²) in [7, 11) is 0. The third kappa shape index (κ3) is 7.81. The van der Waals surface area contributed by atoms with E-state index in [0.717, 1.165) is 18.4 Å². The fourth-order valence-electron chi connectivity index (χ4n) is 6.48. The van der Waals surface area contributed by atoms with Crippen LogP contribution in [-0.4, -0.2) is 4.98 Å². The van der Waals surface area contributed by atoms with Crippen molar-refractivity contribution >= 4 is 17.2 Å². The van der Waals surface area contributed by atoms with E-state index in [0.29, 0.717) is 0 Å². The van der Waals surface area contributed by atoms with Gasteiger partial charge in [0.2, 0.25) is 0 Å². The van der Waals surface area contributed by atoms with E-state index >= 15 is 0 Å². The molecular formula is C47H47N. The fourth-order valence-corrected chi connectivity index (χ4v) is 6.48. The fraction of sp³-hybridized carbons (Fsp3) is 0.170. The molecule has 1 nitrogen and oxygen atoms in total. The molecule has 0 fully saturated rings. The molecule has 1 unspecified atom stereocenters. The molecule has 0 radical (unpaired) electrons. The van der Waals surface area contributed by atoms with Crippen LogP contribution in [0.2, 0.25) is 0 Å². The molecule has 0 saturated heterocycles. The van der Waals surface area contributed by atoms with Crippen LogP contribution >= 0.6 is 0 Å². The molecule has 4 aromatic carbocycles. The zero-order valence-corrected chi connectivity index (χ0v) is 29.1. The lowest BCUT2D eigenvalue weighted by molar-refractivity contribution is 0.689. The van der Waals surface area contributed by atoms with Crippen molar-refractivity contribution in [2.45, 2.75) is 52.9 Å². The quantitative estimate of drug-likeness (QED) is 0.156. The highest BCUT2D eigenvalue weighted by Gasteiger charge is 2.32. The van der Waals surface area contributed by atoms with Gasteiger partial charge in [-0.1, -0.05) is 133 Å². The predicted octanol–water partition coefficient (Wildman–Crippen LogP) is 12.8. The summed E-state index contributed by atoms with van der Waals surface area (Å²) in [6.07, 6.45) is 19.0. The molecule has 1 heteroatoms. The number of allylic oxidation sites excluding steroid dienone is 8. The minimum absolute atomic E-state index is 0.241. The van der Waals surface area contributed by atoms with E-state index in [4.69, 9.17) is 0 Å².